The van der Waals surface area contributed by atoms with Gasteiger partial charge in [0, 0.05) is 5.69 Å². The van der Waals surface area contributed by atoms with Crippen molar-refractivity contribution in [1.29, 1.82) is 5.26 Å². The molecule has 8 heteroatoms. The fraction of sp³-hybridized carbons (Fsp3) is 0.148. The molecule has 7 nitrogen and oxygen atoms in total. The maximum absolute atomic E-state index is 13.7. The summed E-state index contributed by atoms with van der Waals surface area (Å²) in [6.45, 7) is 3.45. The van der Waals surface area contributed by atoms with Crippen molar-refractivity contribution in [2.75, 3.05) is 24.4 Å². The first-order valence-electron chi connectivity index (χ1n) is 10.7. The lowest BCUT2D eigenvalue weighted by Gasteiger charge is -2.12. The lowest BCUT2D eigenvalue weighted by atomic mass is 10.1. The van der Waals surface area contributed by atoms with E-state index in [1.807, 2.05) is 32.0 Å². The van der Waals surface area contributed by atoms with E-state index in [0.717, 1.165) is 11.1 Å². The number of para-hydroxylation sites is 1. The summed E-state index contributed by atoms with van der Waals surface area (Å²) in [6.07, 6.45) is 1.43. The molecule has 0 aromatic heterocycles. The van der Waals surface area contributed by atoms with Gasteiger partial charge in [-0.3, -0.25) is 9.59 Å². The van der Waals surface area contributed by atoms with E-state index in [9.17, 15) is 19.2 Å². The van der Waals surface area contributed by atoms with Gasteiger partial charge in [-0.2, -0.15) is 5.26 Å². The van der Waals surface area contributed by atoms with Crippen molar-refractivity contribution in [2.45, 2.75) is 13.8 Å². The van der Waals surface area contributed by atoms with Crippen LogP contribution in [0.5, 0.6) is 11.5 Å². The molecule has 0 heterocycles. The third kappa shape index (κ3) is 6.45. The van der Waals surface area contributed by atoms with Crippen LogP contribution >= 0.6 is 0 Å². The Morgan fingerprint density at radius 1 is 1.00 bits per heavy atom. The van der Waals surface area contributed by atoms with E-state index in [1.165, 1.54) is 31.4 Å². The highest BCUT2D eigenvalue weighted by Crippen LogP contribution is 2.29. The van der Waals surface area contributed by atoms with E-state index in [1.54, 1.807) is 30.3 Å². The molecule has 0 saturated carbocycles. The second-order valence-corrected chi connectivity index (χ2v) is 7.60. The average molecular weight is 474 g/mol. The zero-order valence-electron chi connectivity index (χ0n) is 19.5. The molecule has 0 saturated heterocycles. The number of rotatable bonds is 8. The van der Waals surface area contributed by atoms with Crippen LogP contribution in [0.3, 0.4) is 0 Å². The number of carbonyl (C=O) groups excluding carboxylic acids is 2. The molecule has 3 aromatic rings. The minimum atomic E-state index is -0.551. The topological polar surface area (TPSA) is 100 Å². The number of hydrogen-bond donors (Lipinski definition) is 2. The van der Waals surface area contributed by atoms with Crippen molar-refractivity contribution < 1.29 is 23.5 Å². The summed E-state index contributed by atoms with van der Waals surface area (Å²) >= 11 is 0. The Balaban J connectivity index is 1.70. The Bertz CT molecular complexity index is 1330. The van der Waals surface area contributed by atoms with E-state index in [4.69, 9.17) is 9.47 Å². The van der Waals surface area contributed by atoms with Crippen molar-refractivity contribution in [1.82, 2.24) is 0 Å². The molecular weight excluding hydrogens is 449 g/mol. The summed E-state index contributed by atoms with van der Waals surface area (Å²) in [6, 6.07) is 18.0. The predicted molar refractivity (Wildman–Crippen MR) is 132 cm³/mol. The van der Waals surface area contributed by atoms with Crippen LogP contribution < -0.4 is 20.1 Å². The molecule has 0 aliphatic rings. The van der Waals surface area contributed by atoms with Gasteiger partial charge in [-0.1, -0.05) is 30.3 Å². The quantitative estimate of drug-likeness (QED) is 0.354. The van der Waals surface area contributed by atoms with Crippen LogP contribution in [0.2, 0.25) is 0 Å². The average Bonchev–Trinajstić information content (AvgIpc) is 2.85. The Hall–Kier alpha value is -4.64. The zero-order chi connectivity index (χ0) is 25.4. The Morgan fingerprint density at radius 2 is 1.74 bits per heavy atom. The van der Waals surface area contributed by atoms with Gasteiger partial charge in [0.2, 0.25) is 0 Å². The summed E-state index contributed by atoms with van der Waals surface area (Å²) in [4.78, 5) is 24.8. The highest BCUT2D eigenvalue weighted by Gasteiger charge is 2.14. The minimum Gasteiger partial charge on any atom is -0.493 e. The molecule has 0 fully saturated rings. The molecule has 0 atom stereocenters. The molecule has 3 aromatic carbocycles. The van der Waals surface area contributed by atoms with Crippen LogP contribution in [-0.2, 0) is 9.59 Å². The number of methoxy groups -OCH3 is 1. The number of nitrogens with zero attached hydrogens (tertiary/aromatic N) is 1. The maximum atomic E-state index is 13.7. The number of carbonyl (C=O) groups is 2. The highest BCUT2D eigenvalue weighted by atomic mass is 19.1. The summed E-state index contributed by atoms with van der Waals surface area (Å²) in [5, 5.41) is 14.7. The number of aryl methyl sites for hydroxylation is 1. The Kier molecular flexibility index (Phi) is 8.20. The standard InChI is InChI=1S/C27H24FN3O4/c1-17-7-6-10-22(18(17)2)31-27(33)20(15-29)13-19-11-12-24(25(14-19)34-3)35-16-26(32)30-23-9-5-4-8-21(23)28/h4-14H,16H2,1-3H3,(H,30,32)(H,31,33)/b20-13-. The summed E-state index contributed by atoms with van der Waals surface area (Å²) in [5.41, 5.74) is 3.06. The lowest BCUT2D eigenvalue weighted by molar-refractivity contribution is -0.118. The fourth-order valence-corrected chi connectivity index (χ4v) is 3.18. The van der Waals surface area contributed by atoms with Crippen molar-refractivity contribution in [3.63, 3.8) is 0 Å². The van der Waals surface area contributed by atoms with Gasteiger partial charge in [0.05, 0.1) is 12.8 Å². The molecule has 2 N–H and O–H groups in total. The van der Waals surface area contributed by atoms with Gasteiger partial charge in [0.15, 0.2) is 18.1 Å². The number of nitriles is 1. The first-order chi connectivity index (χ1) is 16.8. The van der Waals surface area contributed by atoms with Gasteiger partial charge in [0.25, 0.3) is 11.8 Å². The van der Waals surface area contributed by atoms with Crippen molar-refractivity contribution in [3.05, 3.63) is 88.7 Å². The molecule has 0 bridgehead atoms. The van der Waals surface area contributed by atoms with E-state index in [0.29, 0.717) is 17.0 Å². The predicted octanol–water partition coefficient (Wildman–Crippen LogP) is 5.01. The summed E-state index contributed by atoms with van der Waals surface area (Å²) in [7, 11) is 1.42. The van der Waals surface area contributed by atoms with E-state index in [2.05, 4.69) is 10.6 Å². The number of nitrogens with one attached hydrogen (secondary N) is 2. The number of benzene rings is 3. The smallest absolute Gasteiger partial charge is 0.266 e. The zero-order valence-corrected chi connectivity index (χ0v) is 19.5. The van der Waals surface area contributed by atoms with Gasteiger partial charge in [-0.25, -0.2) is 4.39 Å². The third-order valence-corrected chi connectivity index (χ3v) is 5.22. The number of hydrogen-bond acceptors (Lipinski definition) is 5. The molecule has 0 aliphatic heterocycles. The second-order valence-electron chi connectivity index (χ2n) is 7.60. The van der Waals surface area contributed by atoms with Gasteiger partial charge in [0.1, 0.15) is 17.5 Å². The Labute approximate surface area is 202 Å². The van der Waals surface area contributed by atoms with Gasteiger partial charge >= 0.3 is 0 Å². The third-order valence-electron chi connectivity index (χ3n) is 5.22. The fourth-order valence-electron chi connectivity index (χ4n) is 3.18. The van der Waals surface area contributed by atoms with Gasteiger partial charge in [-0.15, -0.1) is 0 Å². The number of amides is 2. The van der Waals surface area contributed by atoms with Crippen molar-refractivity contribution in [3.8, 4) is 17.6 Å². The van der Waals surface area contributed by atoms with E-state index >= 15 is 0 Å². The van der Waals surface area contributed by atoms with Crippen LogP contribution in [0, 0.1) is 31.0 Å². The van der Waals surface area contributed by atoms with Crippen LogP contribution in [-0.4, -0.2) is 25.5 Å². The SMILES string of the molecule is COc1cc(/C=C(/C#N)C(=O)Nc2cccc(C)c2C)ccc1OCC(=O)Nc1ccccc1F. The van der Waals surface area contributed by atoms with Crippen LogP contribution in [0.1, 0.15) is 16.7 Å². The van der Waals surface area contributed by atoms with Gasteiger partial charge in [-0.05, 0) is 66.9 Å². The number of halogens is 1. The van der Waals surface area contributed by atoms with E-state index in [-0.39, 0.29) is 23.6 Å². The monoisotopic (exact) mass is 473 g/mol. The highest BCUT2D eigenvalue weighted by molar-refractivity contribution is 6.10. The number of ether oxygens (including phenoxy) is 2. The minimum absolute atomic E-state index is 0.0525. The van der Waals surface area contributed by atoms with Crippen LogP contribution in [0.15, 0.2) is 66.2 Å². The molecule has 2 amide bonds. The molecule has 0 radical (unpaired) electrons. The first-order valence-corrected chi connectivity index (χ1v) is 10.7. The summed E-state index contributed by atoms with van der Waals surface area (Å²) < 4.78 is 24.5. The van der Waals surface area contributed by atoms with Gasteiger partial charge < -0.3 is 20.1 Å². The van der Waals surface area contributed by atoms with Crippen LogP contribution in [0.4, 0.5) is 15.8 Å². The molecule has 0 spiro atoms. The second kappa shape index (κ2) is 11.5. The molecule has 178 valence electrons. The largest absolute Gasteiger partial charge is 0.493 e. The summed E-state index contributed by atoms with van der Waals surface area (Å²) in [5.74, 6) is -1.07. The molecule has 0 unspecified atom stereocenters. The molecule has 0 aliphatic carbocycles. The van der Waals surface area contributed by atoms with E-state index < -0.39 is 17.6 Å². The maximum Gasteiger partial charge on any atom is 0.266 e. The normalized spacial score (nSPS) is 10.8. The number of anilines is 2. The first kappa shape index (κ1) is 25.0. The molecular formula is C27H24FN3O4. The van der Waals surface area contributed by atoms with Crippen molar-refractivity contribution >= 4 is 29.3 Å². The van der Waals surface area contributed by atoms with Crippen molar-refractivity contribution in [2.24, 2.45) is 0 Å². The lowest BCUT2D eigenvalue weighted by Crippen LogP contribution is -2.21. The van der Waals surface area contributed by atoms with Crippen LogP contribution in [0.25, 0.3) is 6.08 Å². The Morgan fingerprint density at radius 3 is 2.46 bits per heavy atom. The molecule has 35 heavy (non-hydrogen) atoms. The molecule has 3 rings (SSSR count).